The molecule has 1 amide bonds. The van der Waals surface area contributed by atoms with Gasteiger partial charge in [0.15, 0.2) is 0 Å². The standard InChI is InChI=1S/C14H17N3O2S/c1-3-19-14(18)17-12-6-4-11(5-7-12)15-8-13-9-20-10(2)16-13/h4-7,9,15H,3,8H2,1-2H3,(H,17,18). The lowest BCUT2D eigenvalue weighted by Gasteiger charge is -2.07. The van der Waals surface area contributed by atoms with Crippen molar-refractivity contribution in [2.24, 2.45) is 0 Å². The average Bonchev–Trinajstić information content (AvgIpc) is 2.84. The van der Waals surface area contributed by atoms with E-state index in [-0.39, 0.29) is 0 Å². The number of carbonyl (C=O) groups excluding carboxylic acids is 1. The van der Waals surface area contributed by atoms with Crippen molar-refractivity contribution in [1.82, 2.24) is 4.98 Å². The molecular formula is C14H17N3O2S. The van der Waals surface area contributed by atoms with Gasteiger partial charge in [-0.25, -0.2) is 9.78 Å². The van der Waals surface area contributed by atoms with E-state index in [4.69, 9.17) is 4.74 Å². The number of anilines is 2. The minimum Gasteiger partial charge on any atom is -0.450 e. The molecule has 0 spiro atoms. The number of hydrogen-bond donors (Lipinski definition) is 2. The topological polar surface area (TPSA) is 63.2 Å². The number of benzene rings is 1. The van der Waals surface area contributed by atoms with E-state index in [9.17, 15) is 4.79 Å². The molecule has 1 heterocycles. The maximum atomic E-state index is 11.3. The van der Waals surface area contributed by atoms with Gasteiger partial charge in [-0.05, 0) is 38.1 Å². The Morgan fingerprint density at radius 2 is 2.00 bits per heavy atom. The van der Waals surface area contributed by atoms with Gasteiger partial charge in [0.05, 0.1) is 23.9 Å². The van der Waals surface area contributed by atoms with Crippen molar-refractivity contribution < 1.29 is 9.53 Å². The van der Waals surface area contributed by atoms with Gasteiger partial charge in [0.2, 0.25) is 0 Å². The summed E-state index contributed by atoms with van der Waals surface area (Å²) < 4.78 is 4.81. The lowest BCUT2D eigenvalue weighted by atomic mass is 10.3. The number of nitrogens with one attached hydrogen (secondary N) is 2. The van der Waals surface area contributed by atoms with E-state index in [0.717, 1.165) is 16.4 Å². The molecule has 0 aliphatic rings. The highest BCUT2D eigenvalue weighted by Crippen LogP contribution is 2.15. The van der Waals surface area contributed by atoms with Crippen LogP contribution in [0.3, 0.4) is 0 Å². The van der Waals surface area contributed by atoms with Gasteiger partial charge >= 0.3 is 6.09 Å². The highest BCUT2D eigenvalue weighted by atomic mass is 32.1. The van der Waals surface area contributed by atoms with Gasteiger partial charge in [-0.3, -0.25) is 5.32 Å². The van der Waals surface area contributed by atoms with Crippen LogP contribution in [0.4, 0.5) is 16.2 Å². The number of carbonyl (C=O) groups is 1. The summed E-state index contributed by atoms with van der Waals surface area (Å²) in [7, 11) is 0. The quantitative estimate of drug-likeness (QED) is 0.883. The number of hydrogen-bond acceptors (Lipinski definition) is 5. The Morgan fingerprint density at radius 3 is 2.60 bits per heavy atom. The molecule has 2 aromatic rings. The zero-order valence-electron chi connectivity index (χ0n) is 11.5. The van der Waals surface area contributed by atoms with Crippen molar-refractivity contribution >= 4 is 28.8 Å². The molecule has 5 nitrogen and oxygen atoms in total. The number of amides is 1. The maximum absolute atomic E-state index is 11.3. The fraction of sp³-hybridized carbons (Fsp3) is 0.286. The van der Waals surface area contributed by atoms with Crippen LogP contribution in [0.1, 0.15) is 17.6 Å². The fourth-order valence-electron chi connectivity index (χ4n) is 1.64. The highest BCUT2D eigenvalue weighted by Gasteiger charge is 2.02. The Labute approximate surface area is 122 Å². The highest BCUT2D eigenvalue weighted by molar-refractivity contribution is 7.09. The molecule has 0 saturated heterocycles. The number of aryl methyl sites for hydroxylation is 1. The first-order valence-corrected chi connectivity index (χ1v) is 7.24. The first kappa shape index (κ1) is 14.3. The summed E-state index contributed by atoms with van der Waals surface area (Å²) in [5.41, 5.74) is 2.71. The minimum absolute atomic E-state index is 0.360. The number of aromatic nitrogens is 1. The van der Waals surface area contributed by atoms with Crippen molar-refractivity contribution in [3.63, 3.8) is 0 Å². The van der Waals surface area contributed by atoms with E-state index in [0.29, 0.717) is 18.8 Å². The molecule has 1 aromatic carbocycles. The zero-order chi connectivity index (χ0) is 14.4. The van der Waals surface area contributed by atoms with E-state index < -0.39 is 6.09 Å². The molecule has 0 saturated carbocycles. The third-order valence-corrected chi connectivity index (χ3v) is 3.37. The molecule has 20 heavy (non-hydrogen) atoms. The van der Waals surface area contributed by atoms with Crippen LogP contribution in [0, 0.1) is 6.92 Å². The van der Waals surface area contributed by atoms with E-state index >= 15 is 0 Å². The Balaban J connectivity index is 1.86. The van der Waals surface area contributed by atoms with Crippen molar-refractivity contribution in [2.45, 2.75) is 20.4 Å². The second-order valence-corrected chi connectivity index (χ2v) is 5.20. The van der Waals surface area contributed by atoms with Gasteiger partial charge in [-0.1, -0.05) is 0 Å². The Kier molecular flexibility index (Phi) is 4.95. The molecule has 0 atom stereocenters. The Bertz CT molecular complexity index is 566. The molecule has 0 radical (unpaired) electrons. The molecule has 6 heteroatoms. The second-order valence-electron chi connectivity index (χ2n) is 4.13. The lowest BCUT2D eigenvalue weighted by Crippen LogP contribution is -2.13. The van der Waals surface area contributed by atoms with Gasteiger partial charge < -0.3 is 10.1 Å². The van der Waals surface area contributed by atoms with Crippen LogP contribution >= 0.6 is 11.3 Å². The zero-order valence-corrected chi connectivity index (χ0v) is 12.3. The van der Waals surface area contributed by atoms with Crippen LogP contribution < -0.4 is 10.6 Å². The molecule has 0 unspecified atom stereocenters. The van der Waals surface area contributed by atoms with E-state index in [2.05, 4.69) is 15.6 Å². The molecule has 0 fully saturated rings. The summed E-state index contributed by atoms with van der Waals surface area (Å²) in [6, 6.07) is 7.46. The number of rotatable bonds is 5. The van der Waals surface area contributed by atoms with Gasteiger partial charge in [0.1, 0.15) is 0 Å². The summed E-state index contributed by atoms with van der Waals surface area (Å²) in [5, 5.41) is 9.03. The van der Waals surface area contributed by atoms with Crippen LogP contribution in [0.15, 0.2) is 29.6 Å². The third kappa shape index (κ3) is 4.24. The van der Waals surface area contributed by atoms with Gasteiger partial charge in [0, 0.05) is 16.8 Å². The van der Waals surface area contributed by atoms with Crippen LogP contribution in [0.2, 0.25) is 0 Å². The summed E-state index contributed by atoms with van der Waals surface area (Å²) in [5.74, 6) is 0. The van der Waals surface area contributed by atoms with E-state index in [1.807, 2.05) is 36.6 Å². The molecule has 1 aromatic heterocycles. The van der Waals surface area contributed by atoms with Crippen molar-refractivity contribution in [3.8, 4) is 0 Å². The summed E-state index contributed by atoms with van der Waals surface area (Å²) in [4.78, 5) is 15.6. The van der Waals surface area contributed by atoms with Gasteiger partial charge in [-0.2, -0.15) is 0 Å². The lowest BCUT2D eigenvalue weighted by molar-refractivity contribution is 0.168. The normalized spacial score (nSPS) is 10.1. The summed E-state index contributed by atoms with van der Waals surface area (Å²) >= 11 is 1.64. The molecule has 2 N–H and O–H groups in total. The molecule has 0 aliphatic carbocycles. The predicted molar refractivity (Wildman–Crippen MR) is 81.3 cm³/mol. The fourth-order valence-corrected chi connectivity index (χ4v) is 2.25. The van der Waals surface area contributed by atoms with Crippen molar-refractivity contribution in [3.05, 3.63) is 40.3 Å². The van der Waals surface area contributed by atoms with Crippen LogP contribution in [-0.4, -0.2) is 17.7 Å². The van der Waals surface area contributed by atoms with Crippen LogP contribution in [-0.2, 0) is 11.3 Å². The molecule has 106 valence electrons. The molecule has 2 rings (SSSR count). The minimum atomic E-state index is -0.439. The summed E-state index contributed by atoms with van der Waals surface area (Å²) in [6.07, 6.45) is -0.439. The third-order valence-electron chi connectivity index (χ3n) is 2.55. The smallest absolute Gasteiger partial charge is 0.411 e. The molecular weight excluding hydrogens is 274 g/mol. The first-order chi connectivity index (χ1) is 9.67. The number of thiazole rings is 1. The maximum Gasteiger partial charge on any atom is 0.411 e. The Morgan fingerprint density at radius 1 is 1.30 bits per heavy atom. The van der Waals surface area contributed by atoms with E-state index in [1.54, 1.807) is 18.3 Å². The van der Waals surface area contributed by atoms with Gasteiger partial charge in [0.25, 0.3) is 0 Å². The van der Waals surface area contributed by atoms with Crippen LogP contribution in [0.5, 0.6) is 0 Å². The summed E-state index contributed by atoms with van der Waals surface area (Å²) in [6.45, 7) is 4.81. The van der Waals surface area contributed by atoms with E-state index in [1.165, 1.54) is 0 Å². The van der Waals surface area contributed by atoms with Crippen molar-refractivity contribution in [1.29, 1.82) is 0 Å². The predicted octanol–water partition coefficient (Wildman–Crippen LogP) is 3.63. The SMILES string of the molecule is CCOC(=O)Nc1ccc(NCc2csc(C)n2)cc1. The Hall–Kier alpha value is -2.08. The monoisotopic (exact) mass is 291 g/mol. The molecule has 0 bridgehead atoms. The number of ether oxygens (including phenoxy) is 1. The molecule has 0 aliphatic heterocycles. The average molecular weight is 291 g/mol. The second kappa shape index (κ2) is 6.91. The van der Waals surface area contributed by atoms with Crippen molar-refractivity contribution in [2.75, 3.05) is 17.2 Å². The van der Waals surface area contributed by atoms with Gasteiger partial charge in [-0.15, -0.1) is 11.3 Å². The first-order valence-electron chi connectivity index (χ1n) is 6.36. The number of nitrogens with zero attached hydrogens (tertiary/aromatic N) is 1. The van der Waals surface area contributed by atoms with Crippen LogP contribution in [0.25, 0.3) is 0 Å². The largest absolute Gasteiger partial charge is 0.450 e.